The molecule has 6 nitrogen and oxygen atoms in total. The summed E-state index contributed by atoms with van der Waals surface area (Å²) in [5.41, 5.74) is 0.896. The van der Waals surface area contributed by atoms with Gasteiger partial charge in [0.1, 0.15) is 23.1 Å². The number of hydrogen-bond donors (Lipinski definition) is 4. The molecule has 0 spiro atoms. The largest absolute Gasteiger partial charge is 0.508 e. The van der Waals surface area contributed by atoms with Crippen LogP contribution < -0.4 is 10.6 Å². The van der Waals surface area contributed by atoms with E-state index >= 15 is 0 Å². The number of aromatic hydroxyl groups is 2. The van der Waals surface area contributed by atoms with Crippen molar-refractivity contribution in [3.63, 3.8) is 0 Å². The summed E-state index contributed by atoms with van der Waals surface area (Å²) >= 11 is 0. The Bertz CT molecular complexity index is 1050. The van der Waals surface area contributed by atoms with E-state index in [1.807, 2.05) is 12.1 Å². The predicted molar refractivity (Wildman–Crippen MR) is 99.7 cm³/mol. The molecule has 0 atom stereocenters. The molecule has 0 aliphatic heterocycles. The van der Waals surface area contributed by atoms with Crippen LogP contribution in [-0.2, 0) is 4.79 Å². The van der Waals surface area contributed by atoms with Crippen molar-refractivity contribution in [3.8, 4) is 17.6 Å². The standard InChI is InChI=1S/C20H15N3O3/c21-11-13(20(26)23-14-4-1-5-15(24)10-14)12-22-18-8-2-7-17-16(18)6-3-9-19(17)25/h1-10,12,22,24-25H,(H,23,26)/b13-12-. The van der Waals surface area contributed by atoms with Gasteiger partial charge in [-0.15, -0.1) is 0 Å². The number of rotatable bonds is 4. The summed E-state index contributed by atoms with van der Waals surface area (Å²) in [6.07, 6.45) is 1.30. The number of nitrogens with zero attached hydrogens (tertiary/aromatic N) is 1. The Hall–Kier alpha value is -3.98. The average Bonchev–Trinajstić information content (AvgIpc) is 2.63. The van der Waals surface area contributed by atoms with Crippen LogP contribution in [0.25, 0.3) is 10.8 Å². The summed E-state index contributed by atoms with van der Waals surface area (Å²) in [5, 5.41) is 35.5. The minimum Gasteiger partial charge on any atom is -0.508 e. The Morgan fingerprint density at radius 3 is 2.50 bits per heavy atom. The molecule has 26 heavy (non-hydrogen) atoms. The van der Waals surface area contributed by atoms with Crippen molar-refractivity contribution in [1.82, 2.24) is 0 Å². The Kier molecular flexibility index (Phi) is 4.72. The fourth-order valence-electron chi connectivity index (χ4n) is 2.50. The van der Waals surface area contributed by atoms with Crippen LogP contribution in [0.15, 0.2) is 72.4 Å². The average molecular weight is 345 g/mol. The number of carbonyl (C=O) groups is 1. The van der Waals surface area contributed by atoms with Crippen LogP contribution in [-0.4, -0.2) is 16.1 Å². The molecule has 0 radical (unpaired) electrons. The van der Waals surface area contributed by atoms with Crippen LogP contribution in [0.4, 0.5) is 11.4 Å². The van der Waals surface area contributed by atoms with Gasteiger partial charge in [-0.1, -0.05) is 30.3 Å². The molecule has 3 rings (SSSR count). The topological polar surface area (TPSA) is 105 Å². The second-order valence-corrected chi connectivity index (χ2v) is 5.50. The van der Waals surface area contributed by atoms with E-state index in [2.05, 4.69) is 10.6 Å². The first-order chi connectivity index (χ1) is 12.6. The summed E-state index contributed by atoms with van der Waals surface area (Å²) in [4.78, 5) is 12.2. The Morgan fingerprint density at radius 1 is 1.00 bits per heavy atom. The maximum atomic E-state index is 12.2. The first-order valence-electron chi connectivity index (χ1n) is 7.76. The normalized spacial score (nSPS) is 11.0. The lowest BCUT2D eigenvalue weighted by atomic mass is 10.1. The molecule has 4 N–H and O–H groups in total. The first-order valence-corrected chi connectivity index (χ1v) is 7.76. The molecule has 0 saturated carbocycles. The Balaban J connectivity index is 1.83. The van der Waals surface area contributed by atoms with E-state index in [0.717, 1.165) is 5.39 Å². The highest BCUT2D eigenvalue weighted by atomic mass is 16.3. The van der Waals surface area contributed by atoms with E-state index < -0.39 is 5.91 Å². The number of nitriles is 1. The van der Waals surface area contributed by atoms with E-state index in [0.29, 0.717) is 16.8 Å². The number of nitrogens with one attached hydrogen (secondary N) is 2. The van der Waals surface area contributed by atoms with Crippen LogP contribution in [0, 0.1) is 11.3 Å². The molecular formula is C20H15N3O3. The van der Waals surface area contributed by atoms with Gasteiger partial charge in [0, 0.05) is 34.4 Å². The molecule has 0 fully saturated rings. The number of anilines is 2. The lowest BCUT2D eigenvalue weighted by Crippen LogP contribution is -2.14. The number of carbonyl (C=O) groups excluding carboxylic acids is 1. The molecular weight excluding hydrogens is 330 g/mol. The molecule has 0 bridgehead atoms. The predicted octanol–water partition coefficient (Wildman–Crippen LogP) is 3.71. The highest BCUT2D eigenvalue weighted by Crippen LogP contribution is 2.29. The summed E-state index contributed by atoms with van der Waals surface area (Å²) in [5.74, 6) is -0.440. The van der Waals surface area contributed by atoms with Gasteiger partial charge in [-0.2, -0.15) is 5.26 Å². The molecule has 3 aromatic carbocycles. The molecule has 0 heterocycles. The van der Waals surface area contributed by atoms with Gasteiger partial charge in [-0.25, -0.2) is 0 Å². The van der Waals surface area contributed by atoms with Crippen molar-refractivity contribution in [2.75, 3.05) is 10.6 Å². The van der Waals surface area contributed by atoms with Gasteiger partial charge in [0.25, 0.3) is 5.91 Å². The monoisotopic (exact) mass is 345 g/mol. The van der Waals surface area contributed by atoms with Crippen LogP contribution in [0.2, 0.25) is 0 Å². The zero-order chi connectivity index (χ0) is 18.5. The minimum atomic E-state index is -0.603. The summed E-state index contributed by atoms with van der Waals surface area (Å²) in [6.45, 7) is 0. The molecule has 6 heteroatoms. The highest BCUT2D eigenvalue weighted by molar-refractivity contribution is 6.07. The SMILES string of the molecule is N#C/C(=C/Nc1cccc2c(O)cccc12)C(=O)Nc1cccc(O)c1. The maximum Gasteiger partial charge on any atom is 0.267 e. The highest BCUT2D eigenvalue weighted by Gasteiger charge is 2.10. The number of phenolic OH excluding ortho intramolecular Hbond substituents is 2. The number of fused-ring (bicyclic) bond motifs is 1. The summed E-state index contributed by atoms with van der Waals surface area (Å²) in [7, 11) is 0. The van der Waals surface area contributed by atoms with Gasteiger partial charge in [-0.05, 0) is 24.3 Å². The Morgan fingerprint density at radius 2 is 1.73 bits per heavy atom. The third-order valence-corrected chi connectivity index (χ3v) is 3.74. The quantitative estimate of drug-likeness (QED) is 0.426. The Labute approximate surface area is 149 Å². The molecule has 1 amide bonds. The van der Waals surface area contributed by atoms with E-state index in [9.17, 15) is 20.3 Å². The lowest BCUT2D eigenvalue weighted by molar-refractivity contribution is -0.112. The molecule has 0 saturated heterocycles. The van der Waals surface area contributed by atoms with Crippen LogP contribution >= 0.6 is 0 Å². The zero-order valence-corrected chi connectivity index (χ0v) is 13.6. The van der Waals surface area contributed by atoms with Crippen molar-refractivity contribution in [2.45, 2.75) is 0 Å². The fourth-order valence-corrected chi connectivity index (χ4v) is 2.50. The minimum absolute atomic E-state index is 0.0129. The van der Waals surface area contributed by atoms with Crippen LogP contribution in [0.1, 0.15) is 0 Å². The van der Waals surface area contributed by atoms with Crippen molar-refractivity contribution in [3.05, 3.63) is 72.4 Å². The maximum absolute atomic E-state index is 12.2. The first kappa shape index (κ1) is 16.9. The van der Waals surface area contributed by atoms with E-state index in [-0.39, 0.29) is 17.1 Å². The summed E-state index contributed by atoms with van der Waals surface area (Å²) < 4.78 is 0. The van der Waals surface area contributed by atoms with Gasteiger partial charge in [0.05, 0.1) is 0 Å². The van der Waals surface area contributed by atoms with Gasteiger partial charge < -0.3 is 20.8 Å². The zero-order valence-electron chi connectivity index (χ0n) is 13.6. The number of benzene rings is 3. The number of phenols is 2. The van der Waals surface area contributed by atoms with Gasteiger partial charge in [-0.3, -0.25) is 4.79 Å². The van der Waals surface area contributed by atoms with Crippen molar-refractivity contribution in [1.29, 1.82) is 5.26 Å². The fraction of sp³-hybridized carbons (Fsp3) is 0. The van der Waals surface area contributed by atoms with Crippen molar-refractivity contribution >= 4 is 28.1 Å². The van der Waals surface area contributed by atoms with Crippen LogP contribution in [0.5, 0.6) is 11.5 Å². The third kappa shape index (κ3) is 3.57. The number of hydrogen-bond acceptors (Lipinski definition) is 5. The van der Waals surface area contributed by atoms with Crippen molar-refractivity contribution < 1.29 is 15.0 Å². The van der Waals surface area contributed by atoms with E-state index in [1.165, 1.54) is 18.3 Å². The van der Waals surface area contributed by atoms with Crippen molar-refractivity contribution in [2.24, 2.45) is 0 Å². The van der Waals surface area contributed by atoms with Gasteiger partial charge >= 0.3 is 0 Å². The van der Waals surface area contributed by atoms with Gasteiger partial charge in [0.15, 0.2) is 0 Å². The van der Waals surface area contributed by atoms with E-state index in [4.69, 9.17) is 0 Å². The molecule has 128 valence electrons. The van der Waals surface area contributed by atoms with Crippen LogP contribution in [0.3, 0.4) is 0 Å². The lowest BCUT2D eigenvalue weighted by Gasteiger charge is -2.08. The van der Waals surface area contributed by atoms with Gasteiger partial charge in [0.2, 0.25) is 0 Å². The third-order valence-electron chi connectivity index (χ3n) is 3.74. The number of amides is 1. The molecule has 0 aromatic heterocycles. The molecule has 0 aliphatic carbocycles. The molecule has 0 aliphatic rings. The van der Waals surface area contributed by atoms with E-state index in [1.54, 1.807) is 42.5 Å². The second kappa shape index (κ2) is 7.28. The molecule has 0 unspecified atom stereocenters. The smallest absolute Gasteiger partial charge is 0.267 e. The summed E-state index contributed by atoms with van der Waals surface area (Å²) in [6, 6.07) is 18.3. The second-order valence-electron chi connectivity index (χ2n) is 5.50. The molecule has 3 aromatic rings.